The summed E-state index contributed by atoms with van der Waals surface area (Å²) in [6, 6.07) is 15.6. The molecule has 0 fully saturated rings. The van der Waals surface area contributed by atoms with Crippen molar-refractivity contribution in [2.24, 2.45) is 0 Å². The summed E-state index contributed by atoms with van der Waals surface area (Å²) in [4.78, 5) is 12.5. The molecule has 1 aromatic heterocycles. The fourth-order valence-electron chi connectivity index (χ4n) is 3.00. The third-order valence-electron chi connectivity index (χ3n) is 4.45. The standard InChI is InChI=1S/C20H19N3O3S/c1-25-15-9-6-13(7-10-15)12-18-22-23-20(26-18)27-17-11-8-14-4-2-3-5-16(14)21-19(17)24/h2-7,9-10,17H,8,11-12H2,1H3,(H,21,24)/t17-/m0/s1. The zero-order valence-corrected chi connectivity index (χ0v) is 15.7. The third-order valence-corrected chi connectivity index (χ3v) is 5.55. The van der Waals surface area contributed by atoms with E-state index in [1.807, 2.05) is 48.5 Å². The fraction of sp³-hybridized carbons (Fsp3) is 0.250. The molecule has 27 heavy (non-hydrogen) atoms. The van der Waals surface area contributed by atoms with Gasteiger partial charge in [0.2, 0.25) is 11.8 Å². The molecule has 2 heterocycles. The molecule has 1 aliphatic rings. The zero-order chi connectivity index (χ0) is 18.6. The normalized spacial score (nSPS) is 16.3. The van der Waals surface area contributed by atoms with Gasteiger partial charge in [-0.25, -0.2) is 0 Å². The molecule has 6 nitrogen and oxygen atoms in total. The summed E-state index contributed by atoms with van der Waals surface area (Å²) in [5.74, 6) is 1.31. The molecule has 0 bridgehead atoms. The Labute approximate surface area is 161 Å². The predicted molar refractivity (Wildman–Crippen MR) is 103 cm³/mol. The van der Waals surface area contributed by atoms with Crippen LogP contribution in [0, 0.1) is 0 Å². The first-order valence-electron chi connectivity index (χ1n) is 8.72. The molecule has 1 atom stereocenters. The van der Waals surface area contributed by atoms with E-state index in [1.54, 1.807) is 7.11 Å². The number of methoxy groups -OCH3 is 1. The summed E-state index contributed by atoms with van der Waals surface area (Å²) in [6.07, 6.45) is 2.10. The van der Waals surface area contributed by atoms with E-state index in [-0.39, 0.29) is 11.2 Å². The van der Waals surface area contributed by atoms with Crippen molar-refractivity contribution >= 4 is 23.4 Å². The second-order valence-electron chi connectivity index (χ2n) is 6.28. The first kappa shape index (κ1) is 17.6. The number of amides is 1. The SMILES string of the molecule is COc1ccc(Cc2nnc(S[C@H]3CCc4ccccc4NC3=O)o2)cc1. The number of aryl methyl sites for hydroxylation is 1. The number of nitrogens with zero attached hydrogens (tertiary/aromatic N) is 2. The average Bonchev–Trinajstić information content (AvgIpc) is 3.06. The second-order valence-corrected chi connectivity index (χ2v) is 7.43. The van der Waals surface area contributed by atoms with Crippen molar-refractivity contribution in [2.75, 3.05) is 12.4 Å². The Kier molecular flexibility index (Phi) is 5.11. The van der Waals surface area contributed by atoms with Crippen LogP contribution in [0.3, 0.4) is 0 Å². The van der Waals surface area contributed by atoms with E-state index in [1.165, 1.54) is 11.8 Å². The van der Waals surface area contributed by atoms with Gasteiger partial charge < -0.3 is 14.5 Å². The van der Waals surface area contributed by atoms with Gasteiger partial charge in [0.05, 0.1) is 18.8 Å². The number of rotatable bonds is 5. The van der Waals surface area contributed by atoms with Crippen molar-refractivity contribution in [1.29, 1.82) is 0 Å². The van der Waals surface area contributed by atoms with E-state index in [0.717, 1.165) is 35.4 Å². The molecule has 1 aliphatic heterocycles. The number of hydrogen-bond donors (Lipinski definition) is 1. The molecule has 4 rings (SSSR count). The number of hydrogen-bond acceptors (Lipinski definition) is 6. The van der Waals surface area contributed by atoms with Crippen LogP contribution in [0.1, 0.15) is 23.4 Å². The first-order valence-corrected chi connectivity index (χ1v) is 9.60. The Morgan fingerprint density at radius 1 is 1.19 bits per heavy atom. The van der Waals surface area contributed by atoms with Crippen LogP contribution in [-0.2, 0) is 17.6 Å². The highest BCUT2D eigenvalue weighted by atomic mass is 32.2. The highest BCUT2D eigenvalue weighted by Crippen LogP contribution is 2.31. The second kappa shape index (κ2) is 7.84. The lowest BCUT2D eigenvalue weighted by molar-refractivity contribution is -0.115. The van der Waals surface area contributed by atoms with E-state index in [0.29, 0.717) is 17.5 Å². The monoisotopic (exact) mass is 381 g/mol. The summed E-state index contributed by atoms with van der Waals surface area (Å²) in [6.45, 7) is 0. The van der Waals surface area contributed by atoms with E-state index in [9.17, 15) is 4.79 Å². The summed E-state index contributed by atoms with van der Waals surface area (Å²) in [5, 5.41) is 11.4. The quantitative estimate of drug-likeness (QED) is 0.726. The summed E-state index contributed by atoms with van der Waals surface area (Å²) in [5.41, 5.74) is 3.09. The Morgan fingerprint density at radius 2 is 2.00 bits per heavy atom. The van der Waals surface area contributed by atoms with E-state index < -0.39 is 0 Å². The van der Waals surface area contributed by atoms with E-state index in [4.69, 9.17) is 9.15 Å². The van der Waals surface area contributed by atoms with Gasteiger partial charge in [0.15, 0.2) is 0 Å². The maximum absolute atomic E-state index is 12.5. The van der Waals surface area contributed by atoms with Gasteiger partial charge >= 0.3 is 0 Å². The largest absolute Gasteiger partial charge is 0.497 e. The predicted octanol–water partition coefficient (Wildman–Crippen LogP) is 3.71. The maximum atomic E-state index is 12.5. The Balaban J connectivity index is 1.41. The molecular formula is C20H19N3O3S. The Hall–Kier alpha value is -2.80. The fourth-order valence-corrected chi connectivity index (χ4v) is 3.88. The van der Waals surface area contributed by atoms with Crippen LogP contribution in [0.25, 0.3) is 0 Å². The topological polar surface area (TPSA) is 77.3 Å². The van der Waals surface area contributed by atoms with Crippen molar-refractivity contribution in [3.63, 3.8) is 0 Å². The van der Waals surface area contributed by atoms with Crippen molar-refractivity contribution in [1.82, 2.24) is 10.2 Å². The van der Waals surface area contributed by atoms with Gasteiger partial charge in [-0.2, -0.15) is 0 Å². The van der Waals surface area contributed by atoms with Crippen LogP contribution in [0.2, 0.25) is 0 Å². The number of anilines is 1. The summed E-state index contributed by atoms with van der Waals surface area (Å²) in [7, 11) is 1.64. The minimum absolute atomic E-state index is 0.0279. The maximum Gasteiger partial charge on any atom is 0.277 e. The number of benzene rings is 2. The lowest BCUT2D eigenvalue weighted by Gasteiger charge is -2.09. The van der Waals surface area contributed by atoms with Gasteiger partial charge in [-0.05, 0) is 42.2 Å². The van der Waals surface area contributed by atoms with Crippen LogP contribution < -0.4 is 10.1 Å². The molecule has 0 unspecified atom stereocenters. The zero-order valence-electron chi connectivity index (χ0n) is 14.8. The first-order chi connectivity index (χ1) is 13.2. The summed E-state index contributed by atoms with van der Waals surface area (Å²) >= 11 is 1.32. The molecule has 0 saturated carbocycles. The van der Waals surface area contributed by atoms with Gasteiger partial charge in [0, 0.05) is 5.69 Å². The number of para-hydroxylation sites is 1. The summed E-state index contributed by atoms with van der Waals surface area (Å²) < 4.78 is 10.9. The van der Waals surface area contributed by atoms with Crippen LogP contribution in [0.5, 0.6) is 5.75 Å². The molecule has 0 aliphatic carbocycles. The number of ether oxygens (including phenoxy) is 1. The molecule has 1 amide bonds. The van der Waals surface area contributed by atoms with Gasteiger partial charge in [0.25, 0.3) is 5.22 Å². The average molecular weight is 381 g/mol. The highest BCUT2D eigenvalue weighted by molar-refractivity contribution is 8.00. The van der Waals surface area contributed by atoms with Gasteiger partial charge in [-0.15, -0.1) is 10.2 Å². The van der Waals surface area contributed by atoms with Crippen LogP contribution in [0.4, 0.5) is 5.69 Å². The molecule has 0 spiro atoms. The minimum atomic E-state index is -0.258. The Morgan fingerprint density at radius 3 is 2.81 bits per heavy atom. The smallest absolute Gasteiger partial charge is 0.277 e. The number of nitrogens with one attached hydrogen (secondary N) is 1. The van der Waals surface area contributed by atoms with Gasteiger partial charge in [-0.3, -0.25) is 4.79 Å². The van der Waals surface area contributed by atoms with Gasteiger partial charge in [0.1, 0.15) is 5.75 Å². The van der Waals surface area contributed by atoms with Crippen molar-refractivity contribution in [3.05, 3.63) is 65.5 Å². The highest BCUT2D eigenvalue weighted by Gasteiger charge is 2.26. The van der Waals surface area contributed by atoms with Crippen molar-refractivity contribution < 1.29 is 13.9 Å². The molecule has 138 valence electrons. The molecule has 0 radical (unpaired) electrons. The van der Waals surface area contributed by atoms with E-state index in [2.05, 4.69) is 15.5 Å². The number of aromatic nitrogens is 2. The Bertz CT molecular complexity index is 940. The van der Waals surface area contributed by atoms with Gasteiger partial charge in [-0.1, -0.05) is 42.1 Å². The van der Waals surface area contributed by atoms with E-state index >= 15 is 0 Å². The number of fused-ring (bicyclic) bond motifs is 1. The van der Waals surface area contributed by atoms with Crippen molar-refractivity contribution in [3.8, 4) is 5.75 Å². The third kappa shape index (κ3) is 4.14. The molecule has 1 N–H and O–H groups in total. The molecule has 2 aromatic carbocycles. The van der Waals surface area contributed by atoms with Crippen LogP contribution in [-0.4, -0.2) is 28.5 Å². The minimum Gasteiger partial charge on any atom is -0.497 e. The van der Waals surface area contributed by atoms with Crippen LogP contribution >= 0.6 is 11.8 Å². The number of carbonyl (C=O) groups is 1. The molecule has 3 aromatic rings. The molecule has 7 heteroatoms. The lowest BCUT2D eigenvalue weighted by Crippen LogP contribution is -2.23. The number of carbonyl (C=O) groups excluding carboxylic acids is 1. The van der Waals surface area contributed by atoms with Crippen LogP contribution in [0.15, 0.2) is 58.2 Å². The number of thioether (sulfide) groups is 1. The molecular weight excluding hydrogens is 362 g/mol. The lowest BCUT2D eigenvalue weighted by atomic mass is 10.1. The van der Waals surface area contributed by atoms with Crippen molar-refractivity contribution in [2.45, 2.75) is 29.7 Å². The molecule has 0 saturated heterocycles.